The van der Waals surface area contributed by atoms with Gasteiger partial charge < -0.3 is 0 Å². The van der Waals surface area contributed by atoms with Crippen LogP contribution >= 0.6 is 0 Å². The van der Waals surface area contributed by atoms with Gasteiger partial charge in [-0.05, 0) is 24.1 Å². The van der Waals surface area contributed by atoms with E-state index in [1.165, 1.54) is 5.12 Å². The zero-order chi connectivity index (χ0) is 18.7. The fourth-order valence-corrected chi connectivity index (χ4v) is 2.45. The highest BCUT2D eigenvalue weighted by Gasteiger charge is 2.30. The van der Waals surface area contributed by atoms with Crippen molar-refractivity contribution in [1.29, 1.82) is 0 Å². The first-order valence-corrected chi connectivity index (χ1v) is 8.87. The third kappa shape index (κ3) is 5.50. The van der Waals surface area contributed by atoms with Crippen molar-refractivity contribution in [2.24, 2.45) is 15.4 Å². The lowest BCUT2D eigenvalue weighted by Gasteiger charge is -2.33. The van der Waals surface area contributed by atoms with Crippen LogP contribution in [0.15, 0.2) is 100 Å². The van der Waals surface area contributed by atoms with Gasteiger partial charge in [-0.15, -0.1) is 10.2 Å². The minimum absolute atomic E-state index is 0.0355. The van der Waals surface area contributed by atoms with E-state index in [2.05, 4.69) is 27.6 Å². The maximum atomic E-state index is 12.2. The van der Waals surface area contributed by atoms with Crippen LogP contribution in [0, 0.1) is 0 Å². The number of hydrogen-bond donors (Lipinski definition) is 0. The molecule has 3 aliphatic rings. The summed E-state index contributed by atoms with van der Waals surface area (Å²) in [5.41, 5.74) is 0. The Kier molecular flexibility index (Phi) is 6.69. The third-order valence-electron chi connectivity index (χ3n) is 3.73. The molecular formula is C20H22N6O. The summed E-state index contributed by atoms with van der Waals surface area (Å²) in [7, 11) is 0. The summed E-state index contributed by atoms with van der Waals surface area (Å²) >= 11 is 0. The summed E-state index contributed by atoms with van der Waals surface area (Å²) in [6.07, 6.45) is 29.1. The molecule has 7 nitrogen and oxygen atoms in total. The number of carbonyl (C=O) groups excluding carboxylic acids is 1. The molecule has 3 aliphatic heterocycles. The molecule has 27 heavy (non-hydrogen) atoms. The summed E-state index contributed by atoms with van der Waals surface area (Å²) in [5.74, 6) is 0.645. The predicted octanol–water partition coefficient (Wildman–Crippen LogP) is 3.99. The van der Waals surface area contributed by atoms with Crippen molar-refractivity contribution in [3.05, 3.63) is 84.9 Å². The molecule has 0 unspecified atom stereocenters. The fourth-order valence-electron chi connectivity index (χ4n) is 2.45. The molecule has 0 aliphatic carbocycles. The highest BCUT2D eigenvalue weighted by molar-refractivity contribution is 5.81. The molecule has 0 aromatic carbocycles. The van der Waals surface area contributed by atoms with E-state index in [1.54, 1.807) is 28.7 Å². The Bertz CT molecular complexity index is 797. The minimum atomic E-state index is 0.0355. The quantitative estimate of drug-likeness (QED) is 0.653. The lowest BCUT2D eigenvalue weighted by Crippen LogP contribution is -2.45. The van der Waals surface area contributed by atoms with Crippen LogP contribution < -0.4 is 0 Å². The van der Waals surface area contributed by atoms with E-state index in [0.29, 0.717) is 12.2 Å². The van der Waals surface area contributed by atoms with Crippen LogP contribution in [0.1, 0.15) is 19.3 Å². The van der Waals surface area contributed by atoms with Crippen molar-refractivity contribution in [2.45, 2.75) is 19.3 Å². The summed E-state index contributed by atoms with van der Waals surface area (Å²) in [5, 5.41) is 17.2. The lowest BCUT2D eigenvalue weighted by atomic mass is 10.2. The molecule has 0 spiro atoms. The predicted molar refractivity (Wildman–Crippen MR) is 106 cm³/mol. The first-order valence-electron chi connectivity index (χ1n) is 8.87. The van der Waals surface area contributed by atoms with Crippen LogP contribution in [-0.2, 0) is 4.79 Å². The Balaban J connectivity index is 1.73. The molecule has 0 amide bonds. The Hall–Kier alpha value is -3.48. The number of carbonyl (C=O) groups is 1. The fraction of sp³-hybridized carbons (Fsp3) is 0.200. The molecule has 0 radical (unpaired) electrons. The van der Waals surface area contributed by atoms with Gasteiger partial charge >= 0.3 is 0 Å². The Morgan fingerprint density at radius 2 is 1.56 bits per heavy atom. The number of nitrogens with zero attached hydrogens (tertiary/aromatic N) is 6. The van der Waals surface area contributed by atoms with Gasteiger partial charge in [-0.1, -0.05) is 60.8 Å². The van der Waals surface area contributed by atoms with Gasteiger partial charge in [0.25, 0.3) is 0 Å². The monoisotopic (exact) mass is 362 g/mol. The van der Waals surface area contributed by atoms with Crippen molar-refractivity contribution in [2.75, 3.05) is 6.54 Å². The molecule has 0 aromatic rings. The van der Waals surface area contributed by atoms with E-state index >= 15 is 0 Å². The minimum Gasteiger partial charge on any atom is -0.297 e. The maximum absolute atomic E-state index is 12.2. The number of ketones is 1. The SMILES string of the molecule is O=C1CC=CC=CC=CCCC=CC=CC=CN2N=CC=C3N=NN(C1)N32. The van der Waals surface area contributed by atoms with E-state index in [9.17, 15) is 4.79 Å². The number of hydrazone groups is 1. The average Bonchev–Trinajstić information content (AvgIpc) is 3.07. The second-order valence-electron chi connectivity index (χ2n) is 5.84. The number of hydrogen-bond acceptors (Lipinski definition) is 7. The third-order valence-corrected chi connectivity index (χ3v) is 3.73. The van der Waals surface area contributed by atoms with Gasteiger partial charge in [0, 0.05) is 18.7 Å². The van der Waals surface area contributed by atoms with Gasteiger partial charge in [-0.3, -0.25) is 4.79 Å². The molecule has 0 fully saturated rings. The smallest absolute Gasteiger partial charge is 0.199 e. The molecule has 0 N–H and O–H groups in total. The molecule has 3 rings (SSSR count). The van der Waals surface area contributed by atoms with Crippen LogP contribution in [0.4, 0.5) is 0 Å². The molecule has 0 aromatic heterocycles. The Morgan fingerprint density at radius 3 is 2.33 bits per heavy atom. The zero-order valence-electron chi connectivity index (χ0n) is 15.0. The molecule has 138 valence electrons. The molecule has 3 heterocycles. The highest BCUT2D eigenvalue weighted by atomic mass is 16.1. The van der Waals surface area contributed by atoms with Gasteiger partial charge in [0.1, 0.15) is 6.54 Å². The lowest BCUT2D eigenvalue weighted by molar-refractivity contribution is -0.139. The van der Waals surface area contributed by atoms with Crippen molar-refractivity contribution < 1.29 is 4.79 Å². The maximum Gasteiger partial charge on any atom is 0.199 e. The van der Waals surface area contributed by atoms with Gasteiger partial charge in [-0.25, -0.2) is 0 Å². The number of hydrazine groups is 2. The van der Waals surface area contributed by atoms with Crippen LogP contribution in [-0.4, -0.2) is 33.9 Å². The first-order chi connectivity index (χ1) is 13.3. The Morgan fingerprint density at radius 1 is 0.852 bits per heavy atom. The van der Waals surface area contributed by atoms with Crippen molar-refractivity contribution in [3.63, 3.8) is 0 Å². The van der Waals surface area contributed by atoms with Gasteiger partial charge in [-0.2, -0.15) is 15.3 Å². The highest BCUT2D eigenvalue weighted by Crippen LogP contribution is 2.24. The van der Waals surface area contributed by atoms with E-state index in [-0.39, 0.29) is 12.3 Å². The molecule has 0 saturated carbocycles. The summed E-state index contributed by atoms with van der Waals surface area (Å²) < 4.78 is 0. The number of rotatable bonds is 0. The van der Waals surface area contributed by atoms with Crippen molar-refractivity contribution >= 4 is 12.0 Å². The van der Waals surface area contributed by atoms with E-state index in [4.69, 9.17) is 0 Å². The first kappa shape index (κ1) is 18.3. The molecule has 7 heteroatoms. The van der Waals surface area contributed by atoms with Gasteiger partial charge in [0.05, 0.1) is 6.21 Å². The molecule has 0 atom stereocenters. The number of allylic oxidation sites excluding steroid dienone is 12. The van der Waals surface area contributed by atoms with Crippen LogP contribution in [0.2, 0.25) is 0 Å². The molecule has 0 saturated heterocycles. The second kappa shape index (κ2) is 9.86. The normalized spacial score (nSPS) is 20.4. The van der Waals surface area contributed by atoms with E-state index in [1.807, 2.05) is 54.7 Å². The van der Waals surface area contributed by atoms with Crippen molar-refractivity contribution in [3.8, 4) is 0 Å². The number of Topliss-reactive ketones (excluding diaryl/α,β-unsaturated/α-hetero) is 1. The molecular weight excluding hydrogens is 340 g/mol. The van der Waals surface area contributed by atoms with Crippen LogP contribution in [0.25, 0.3) is 0 Å². The van der Waals surface area contributed by atoms with Crippen LogP contribution in [0.3, 0.4) is 0 Å². The summed E-state index contributed by atoms with van der Waals surface area (Å²) in [4.78, 5) is 12.2. The molecule has 0 bridgehead atoms. The zero-order valence-corrected chi connectivity index (χ0v) is 15.0. The summed E-state index contributed by atoms with van der Waals surface area (Å²) in [6, 6.07) is 0. The Labute approximate surface area is 158 Å². The van der Waals surface area contributed by atoms with Gasteiger partial charge in [0.2, 0.25) is 0 Å². The summed E-state index contributed by atoms with van der Waals surface area (Å²) in [6.45, 7) is 0.118. The second-order valence-corrected chi connectivity index (χ2v) is 5.84. The standard InChI is InChI=1S/C20H22N6O/c27-19-14-12-10-8-6-4-2-1-3-5-7-9-11-13-17-24-21-16-15-20-22-23-25(18-19)26(20)24/h2,4-13,15-17H,1,3,14,18H2. The van der Waals surface area contributed by atoms with Crippen molar-refractivity contribution in [1.82, 2.24) is 15.4 Å². The van der Waals surface area contributed by atoms with Gasteiger partial charge in [0.15, 0.2) is 11.6 Å². The van der Waals surface area contributed by atoms with E-state index in [0.717, 1.165) is 12.8 Å². The average molecular weight is 362 g/mol. The van der Waals surface area contributed by atoms with Crippen LogP contribution in [0.5, 0.6) is 0 Å². The largest absolute Gasteiger partial charge is 0.297 e. The topological polar surface area (TPSA) is 63.9 Å². The van der Waals surface area contributed by atoms with E-state index < -0.39 is 0 Å².